The van der Waals surface area contributed by atoms with Crippen LogP contribution in [0.1, 0.15) is 5.56 Å². The third kappa shape index (κ3) is 3.86. The molecule has 1 unspecified atom stereocenters. The molecule has 3 aromatic rings. The molecule has 1 saturated carbocycles. The van der Waals surface area contributed by atoms with Gasteiger partial charge < -0.3 is 9.64 Å². The number of fused-ring (bicyclic) bond motifs is 2. The molecule has 0 amide bonds. The number of piperidine rings is 1. The minimum atomic E-state index is -4.44. The van der Waals surface area contributed by atoms with Gasteiger partial charge in [-0.2, -0.15) is 18.3 Å². The Hall–Kier alpha value is -3.05. The molecule has 31 heavy (non-hydrogen) atoms. The van der Waals surface area contributed by atoms with Crippen LogP contribution in [0, 0.1) is 17.8 Å². The van der Waals surface area contributed by atoms with E-state index in [2.05, 4.69) is 20.1 Å². The molecule has 164 valence electrons. The van der Waals surface area contributed by atoms with Crippen molar-refractivity contribution in [1.82, 2.24) is 24.7 Å². The van der Waals surface area contributed by atoms with Gasteiger partial charge in [0.2, 0.25) is 5.88 Å². The number of hydrogen-bond acceptors (Lipinski definition) is 6. The number of halogens is 5. The first-order chi connectivity index (χ1) is 14.8. The quantitative estimate of drug-likeness (QED) is 0.548. The van der Waals surface area contributed by atoms with Crippen molar-refractivity contribution in [3.8, 4) is 5.88 Å². The second-order valence-corrected chi connectivity index (χ2v) is 7.74. The first-order valence-corrected chi connectivity index (χ1v) is 9.67. The molecule has 1 aliphatic carbocycles. The van der Waals surface area contributed by atoms with Crippen LogP contribution in [-0.4, -0.2) is 50.9 Å². The van der Waals surface area contributed by atoms with E-state index < -0.39 is 24.7 Å². The molecule has 3 aromatic heterocycles. The summed E-state index contributed by atoms with van der Waals surface area (Å²) in [4.78, 5) is 14.6. The van der Waals surface area contributed by atoms with E-state index in [9.17, 15) is 22.0 Å². The van der Waals surface area contributed by atoms with E-state index >= 15 is 0 Å². The second kappa shape index (κ2) is 7.27. The molecule has 0 aromatic carbocycles. The highest BCUT2D eigenvalue weighted by Gasteiger charge is 2.56. The Kier molecular flexibility index (Phi) is 4.67. The zero-order valence-corrected chi connectivity index (χ0v) is 16.0. The van der Waals surface area contributed by atoms with Crippen LogP contribution in [0.4, 0.5) is 27.8 Å². The van der Waals surface area contributed by atoms with Crippen molar-refractivity contribution in [2.45, 2.75) is 19.1 Å². The molecule has 0 radical (unpaired) electrons. The molecule has 5 rings (SSSR count). The van der Waals surface area contributed by atoms with Gasteiger partial charge in [-0.15, -0.1) is 0 Å². The van der Waals surface area contributed by atoms with E-state index in [0.717, 1.165) is 23.0 Å². The van der Waals surface area contributed by atoms with Crippen LogP contribution < -0.4 is 9.64 Å². The number of nitrogens with zero attached hydrogens (tertiary/aromatic N) is 6. The van der Waals surface area contributed by atoms with Gasteiger partial charge in [0.25, 0.3) is 6.43 Å². The van der Waals surface area contributed by atoms with Crippen molar-refractivity contribution in [3.63, 3.8) is 0 Å². The van der Waals surface area contributed by atoms with Gasteiger partial charge in [0.1, 0.15) is 17.9 Å². The lowest BCUT2D eigenvalue weighted by Gasteiger charge is -2.20. The maximum absolute atomic E-state index is 12.8. The van der Waals surface area contributed by atoms with Crippen molar-refractivity contribution in [3.05, 3.63) is 36.3 Å². The number of aromatic nitrogens is 5. The molecule has 0 spiro atoms. The number of ether oxygens (including phenoxy) is 1. The van der Waals surface area contributed by atoms with E-state index in [-0.39, 0.29) is 11.8 Å². The molecule has 1 saturated heterocycles. The number of anilines is 1. The fourth-order valence-corrected chi connectivity index (χ4v) is 4.19. The Morgan fingerprint density at radius 2 is 1.90 bits per heavy atom. The van der Waals surface area contributed by atoms with Crippen molar-refractivity contribution in [2.75, 3.05) is 24.6 Å². The third-order valence-electron chi connectivity index (χ3n) is 5.82. The number of pyridine rings is 1. The van der Waals surface area contributed by atoms with Gasteiger partial charge in [0, 0.05) is 31.3 Å². The zero-order chi connectivity index (χ0) is 21.8. The lowest BCUT2D eigenvalue weighted by molar-refractivity contribution is -0.137. The van der Waals surface area contributed by atoms with Crippen LogP contribution in [0.15, 0.2) is 30.7 Å². The van der Waals surface area contributed by atoms with Gasteiger partial charge in [-0.05, 0) is 17.9 Å². The van der Waals surface area contributed by atoms with E-state index in [0.29, 0.717) is 48.5 Å². The van der Waals surface area contributed by atoms with Crippen LogP contribution >= 0.6 is 0 Å². The van der Waals surface area contributed by atoms with Crippen LogP contribution in [0.5, 0.6) is 5.88 Å². The normalized spacial score (nSPS) is 22.9. The Morgan fingerprint density at radius 3 is 2.61 bits per heavy atom. The molecule has 0 bridgehead atoms. The lowest BCUT2D eigenvalue weighted by Crippen LogP contribution is -2.26. The smallest absolute Gasteiger partial charge is 0.416 e. The van der Waals surface area contributed by atoms with Crippen LogP contribution in [0.3, 0.4) is 0 Å². The first kappa shape index (κ1) is 19.9. The van der Waals surface area contributed by atoms with E-state index in [4.69, 9.17) is 4.74 Å². The molecule has 7 nitrogen and oxygen atoms in total. The van der Waals surface area contributed by atoms with Crippen molar-refractivity contribution in [2.24, 2.45) is 17.8 Å². The van der Waals surface area contributed by atoms with Gasteiger partial charge in [-0.1, -0.05) is 0 Å². The molecule has 2 aliphatic rings. The number of hydrogen-bond donors (Lipinski definition) is 0. The maximum Gasteiger partial charge on any atom is 0.416 e. The standard InChI is InChI=1S/C19H17F5N6O/c20-15(21)8-30-18-14(4-27-30)26-5-16(28-18)29-6-11-12(7-29)13(11)9-31-17-3-10(1-2-25-17)19(22,23)24/h1-5,11-13,15H,6-9H2/t11-,12+,13?. The second-order valence-electron chi connectivity index (χ2n) is 7.74. The highest BCUT2D eigenvalue weighted by atomic mass is 19.4. The summed E-state index contributed by atoms with van der Waals surface area (Å²) in [7, 11) is 0. The summed E-state index contributed by atoms with van der Waals surface area (Å²) < 4.78 is 70.4. The molecule has 3 atom stereocenters. The average Bonchev–Trinajstić information content (AvgIpc) is 3.04. The van der Waals surface area contributed by atoms with E-state index in [1.165, 1.54) is 6.20 Å². The highest BCUT2D eigenvalue weighted by molar-refractivity contribution is 5.71. The van der Waals surface area contributed by atoms with Gasteiger partial charge in [0.15, 0.2) is 5.65 Å². The molecular formula is C19H17F5N6O. The summed E-state index contributed by atoms with van der Waals surface area (Å²) in [5, 5.41) is 3.91. The van der Waals surface area contributed by atoms with Crippen LogP contribution in [-0.2, 0) is 12.7 Å². The minimum absolute atomic E-state index is 0.0414. The summed E-state index contributed by atoms with van der Waals surface area (Å²) in [5.74, 6) is 1.44. The Balaban J connectivity index is 1.20. The Bertz CT molecular complexity index is 1090. The van der Waals surface area contributed by atoms with E-state index in [1.807, 2.05) is 4.90 Å². The topological polar surface area (TPSA) is 69.0 Å². The Labute approximate surface area is 172 Å². The van der Waals surface area contributed by atoms with Crippen LogP contribution in [0.25, 0.3) is 11.2 Å². The fraction of sp³-hybridized carbons (Fsp3) is 0.474. The summed E-state index contributed by atoms with van der Waals surface area (Å²) in [6.07, 6.45) is -2.89. The summed E-state index contributed by atoms with van der Waals surface area (Å²) in [6.45, 7) is 1.13. The fourth-order valence-electron chi connectivity index (χ4n) is 4.19. The van der Waals surface area contributed by atoms with Gasteiger partial charge in [-0.3, -0.25) is 0 Å². The molecule has 2 fully saturated rings. The molecule has 4 heterocycles. The predicted molar refractivity (Wildman–Crippen MR) is 98.7 cm³/mol. The summed E-state index contributed by atoms with van der Waals surface area (Å²) >= 11 is 0. The summed E-state index contributed by atoms with van der Waals surface area (Å²) in [5.41, 5.74) is -0.0257. The predicted octanol–water partition coefficient (Wildman–Crippen LogP) is 3.27. The van der Waals surface area contributed by atoms with Gasteiger partial charge >= 0.3 is 6.18 Å². The average molecular weight is 440 g/mol. The van der Waals surface area contributed by atoms with Gasteiger partial charge in [-0.25, -0.2) is 28.4 Å². The third-order valence-corrected chi connectivity index (χ3v) is 5.82. The van der Waals surface area contributed by atoms with Gasteiger partial charge in [0.05, 0.1) is 24.6 Å². The zero-order valence-electron chi connectivity index (χ0n) is 16.0. The highest BCUT2D eigenvalue weighted by Crippen LogP contribution is 2.52. The summed E-state index contributed by atoms with van der Waals surface area (Å²) in [6, 6.07) is 1.81. The van der Waals surface area contributed by atoms with Crippen molar-refractivity contribution < 1.29 is 26.7 Å². The molecule has 0 N–H and O–H groups in total. The monoisotopic (exact) mass is 440 g/mol. The van der Waals surface area contributed by atoms with Crippen molar-refractivity contribution >= 4 is 17.0 Å². The van der Waals surface area contributed by atoms with Crippen molar-refractivity contribution in [1.29, 1.82) is 0 Å². The Morgan fingerprint density at radius 1 is 1.13 bits per heavy atom. The number of rotatable bonds is 6. The van der Waals surface area contributed by atoms with E-state index in [1.54, 1.807) is 6.20 Å². The largest absolute Gasteiger partial charge is 0.477 e. The minimum Gasteiger partial charge on any atom is -0.477 e. The lowest BCUT2D eigenvalue weighted by atomic mass is 10.2. The maximum atomic E-state index is 12.8. The number of alkyl halides is 5. The molecule has 12 heteroatoms. The first-order valence-electron chi connectivity index (χ1n) is 9.67. The SMILES string of the molecule is FC(F)Cn1ncc2ncc(N3C[C@@H]4C(COc5cc(C(F)(F)F)ccn5)[C@@H]4C3)nc21. The molecular weight excluding hydrogens is 423 g/mol. The molecule has 1 aliphatic heterocycles. The van der Waals surface area contributed by atoms with Crippen LogP contribution in [0.2, 0.25) is 0 Å².